The highest BCUT2D eigenvalue weighted by Gasteiger charge is 2.41. The standard InChI is InChI=1S/C25H20N4O4/c30-23(26-17-6-2-1-3-7-17)13-20-24(31)28(14-16-10-11-21-22(12-16)33-15-32-21)25-27-18-8-4-5-9-19(18)29(20)25/h1-12,20H,13-15H2,(H,26,30)/t20-/m1/s1. The molecule has 1 atom stereocenters. The monoisotopic (exact) mass is 440 g/mol. The van der Waals surface area contributed by atoms with E-state index in [1.807, 2.05) is 77.4 Å². The Morgan fingerprint density at radius 1 is 1.00 bits per heavy atom. The third-order valence-corrected chi connectivity index (χ3v) is 5.90. The van der Waals surface area contributed by atoms with Gasteiger partial charge in [0.25, 0.3) is 5.91 Å². The SMILES string of the molecule is O=C(C[C@@H]1C(=O)N(Cc2ccc3c(c2)OCO3)c2nc3ccccc3n21)Nc1ccccc1. The van der Waals surface area contributed by atoms with Crippen molar-refractivity contribution in [3.05, 3.63) is 78.4 Å². The van der Waals surface area contributed by atoms with Gasteiger partial charge in [0.15, 0.2) is 11.5 Å². The van der Waals surface area contributed by atoms with Gasteiger partial charge in [0.05, 0.1) is 24.0 Å². The maximum Gasteiger partial charge on any atom is 0.253 e. The molecule has 4 aromatic rings. The number of benzene rings is 3. The minimum absolute atomic E-state index is 0.0126. The number of fused-ring (bicyclic) bond motifs is 4. The van der Waals surface area contributed by atoms with E-state index in [2.05, 4.69) is 5.32 Å². The molecule has 0 unspecified atom stereocenters. The van der Waals surface area contributed by atoms with Crippen molar-refractivity contribution in [1.82, 2.24) is 9.55 Å². The van der Waals surface area contributed by atoms with Gasteiger partial charge >= 0.3 is 0 Å². The van der Waals surface area contributed by atoms with Crippen LogP contribution < -0.4 is 19.7 Å². The molecule has 0 fully saturated rings. The smallest absolute Gasteiger partial charge is 0.253 e. The predicted octanol–water partition coefficient (Wildman–Crippen LogP) is 3.88. The van der Waals surface area contributed by atoms with E-state index in [1.54, 1.807) is 4.90 Å². The van der Waals surface area contributed by atoms with Crippen LogP contribution in [0.4, 0.5) is 11.6 Å². The Kier molecular flexibility index (Phi) is 4.50. The van der Waals surface area contributed by atoms with Gasteiger partial charge in [-0.1, -0.05) is 36.4 Å². The van der Waals surface area contributed by atoms with Crippen molar-refractivity contribution >= 4 is 34.5 Å². The van der Waals surface area contributed by atoms with Crippen LogP contribution in [0.5, 0.6) is 11.5 Å². The predicted molar refractivity (Wildman–Crippen MR) is 122 cm³/mol. The summed E-state index contributed by atoms with van der Waals surface area (Å²) in [5, 5.41) is 2.88. The fraction of sp³-hybridized carbons (Fsp3) is 0.160. The number of hydrogen-bond donors (Lipinski definition) is 1. The van der Waals surface area contributed by atoms with E-state index < -0.39 is 6.04 Å². The quantitative estimate of drug-likeness (QED) is 0.509. The average Bonchev–Trinajstić information content (AvgIpc) is 3.50. The molecule has 0 spiro atoms. The number of aromatic nitrogens is 2. The molecule has 1 aromatic heterocycles. The highest BCUT2D eigenvalue weighted by molar-refractivity contribution is 6.05. The van der Waals surface area contributed by atoms with Gasteiger partial charge < -0.3 is 14.8 Å². The summed E-state index contributed by atoms with van der Waals surface area (Å²) in [5.41, 5.74) is 3.19. The second kappa shape index (κ2) is 7.67. The molecule has 0 saturated carbocycles. The number of nitrogens with one attached hydrogen (secondary N) is 1. The Morgan fingerprint density at radius 3 is 2.67 bits per heavy atom. The number of carbonyl (C=O) groups is 2. The van der Waals surface area contributed by atoms with E-state index in [0.717, 1.165) is 16.6 Å². The fourth-order valence-electron chi connectivity index (χ4n) is 4.38. The van der Waals surface area contributed by atoms with Crippen molar-refractivity contribution in [3.8, 4) is 11.5 Å². The second-order valence-electron chi connectivity index (χ2n) is 8.02. The molecule has 2 aliphatic rings. The zero-order valence-electron chi connectivity index (χ0n) is 17.6. The molecule has 2 aliphatic heterocycles. The number of anilines is 2. The largest absolute Gasteiger partial charge is 0.454 e. The molecular formula is C25H20N4O4. The summed E-state index contributed by atoms with van der Waals surface area (Å²) in [6, 6.07) is 21.8. The maximum atomic E-state index is 13.5. The van der Waals surface area contributed by atoms with Crippen molar-refractivity contribution < 1.29 is 19.1 Å². The van der Waals surface area contributed by atoms with Crippen LogP contribution in [-0.2, 0) is 16.1 Å². The van der Waals surface area contributed by atoms with Crippen LogP contribution in [0.2, 0.25) is 0 Å². The van der Waals surface area contributed by atoms with Crippen molar-refractivity contribution in [1.29, 1.82) is 0 Å². The highest BCUT2D eigenvalue weighted by atomic mass is 16.7. The summed E-state index contributed by atoms with van der Waals surface area (Å²) >= 11 is 0. The summed E-state index contributed by atoms with van der Waals surface area (Å²) in [5.74, 6) is 1.49. The number of imidazole rings is 1. The normalized spacial score (nSPS) is 16.3. The average molecular weight is 440 g/mol. The van der Waals surface area contributed by atoms with Crippen LogP contribution in [0.15, 0.2) is 72.8 Å². The van der Waals surface area contributed by atoms with Crippen molar-refractivity contribution in [3.63, 3.8) is 0 Å². The zero-order valence-corrected chi connectivity index (χ0v) is 17.6. The van der Waals surface area contributed by atoms with Gasteiger partial charge in [-0.05, 0) is 42.0 Å². The molecule has 0 aliphatic carbocycles. The summed E-state index contributed by atoms with van der Waals surface area (Å²) < 4.78 is 12.7. The van der Waals surface area contributed by atoms with Crippen molar-refractivity contribution in [2.45, 2.75) is 19.0 Å². The van der Waals surface area contributed by atoms with Crippen LogP contribution in [0.1, 0.15) is 18.0 Å². The molecule has 164 valence electrons. The molecule has 6 rings (SSSR count). The summed E-state index contributed by atoms with van der Waals surface area (Å²) in [4.78, 5) is 32.7. The molecule has 0 saturated heterocycles. The highest BCUT2D eigenvalue weighted by Crippen LogP contribution is 2.39. The number of rotatable bonds is 5. The first-order valence-electron chi connectivity index (χ1n) is 10.7. The molecule has 2 amide bonds. The van der Waals surface area contributed by atoms with Gasteiger partial charge in [0.2, 0.25) is 18.6 Å². The molecule has 8 heteroatoms. The lowest BCUT2D eigenvalue weighted by Crippen LogP contribution is -2.31. The van der Waals surface area contributed by atoms with Crippen LogP contribution in [0.3, 0.4) is 0 Å². The molecular weight excluding hydrogens is 420 g/mol. The third-order valence-electron chi connectivity index (χ3n) is 5.90. The van der Waals surface area contributed by atoms with E-state index in [-0.39, 0.29) is 25.0 Å². The zero-order chi connectivity index (χ0) is 22.4. The first-order valence-corrected chi connectivity index (χ1v) is 10.7. The number of hydrogen-bond acceptors (Lipinski definition) is 5. The molecule has 0 radical (unpaired) electrons. The number of amides is 2. The Bertz CT molecular complexity index is 1380. The Labute approximate surface area is 189 Å². The van der Waals surface area contributed by atoms with Gasteiger partial charge in [-0.2, -0.15) is 0 Å². The van der Waals surface area contributed by atoms with Gasteiger partial charge in [0.1, 0.15) is 6.04 Å². The summed E-state index contributed by atoms with van der Waals surface area (Å²) in [6.45, 7) is 0.505. The molecule has 0 bridgehead atoms. The third kappa shape index (κ3) is 3.36. The molecule has 1 N–H and O–H groups in total. The molecule has 3 heterocycles. The van der Waals surface area contributed by atoms with Gasteiger partial charge in [-0.25, -0.2) is 4.98 Å². The first-order chi connectivity index (χ1) is 16.2. The minimum Gasteiger partial charge on any atom is -0.454 e. The lowest BCUT2D eigenvalue weighted by atomic mass is 10.1. The number of para-hydroxylation sites is 3. The fourth-order valence-corrected chi connectivity index (χ4v) is 4.38. The second-order valence-corrected chi connectivity index (χ2v) is 8.02. The lowest BCUT2D eigenvalue weighted by molar-refractivity contribution is -0.124. The molecule has 8 nitrogen and oxygen atoms in total. The Balaban J connectivity index is 1.33. The van der Waals surface area contributed by atoms with E-state index >= 15 is 0 Å². The van der Waals surface area contributed by atoms with Crippen LogP contribution in [0, 0.1) is 0 Å². The van der Waals surface area contributed by atoms with E-state index in [0.29, 0.717) is 29.7 Å². The van der Waals surface area contributed by atoms with Crippen LogP contribution >= 0.6 is 0 Å². The van der Waals surface area contributed by atoms with E-state index in [1.165, 1.54) is 0 Å². The van der Waals surface area contributed by atoms with E-state index in [4.69, 9.17) is 14.5 Å². The Hall–Kier alpha value is -4.33. The van der Waals surface area contributed by atoms with Gasteiger partial charge in [-0.3, -0.25) is 19.1 Å². The lowest BCUT2D eigenvalue weighted by Gasteiger charge is -2.16. The van der Waals surface area contributed by atoms with Crippen molar-refractivity contribution in [2.24, 2.45) is 0 Å². The molecule has 33 heavy (non-hydrogen) atoms. The minimum atomic E-state index is -0.676. The van der Waals surface area contributed by atoms with Gasteiger partial charge in [-0.15, -0.1) is 0 Å². The number of nitrogens with zero attached hydrogens (tertiary/aromatic N) is 3. The summed E-state index contributed by atoms with van der Waals surface area (Å²) in [6.07, 6.45) is 0.0126. The summed E-state index contributed by atoms with van der Waals surface area (Å²) in [7, 11) is 0. The van der Waals surface area contributed by atoms with Gasteiger partial charge in [0, 0.05) is 5.69 Å². The van der Waals surface area contributed by atoms with E-state index in [9.17, 15) is 9.59 Å². The number of ether oxygens (including phenoxy) is 2. The van der Waals surface area contributed by atoms with Crippen LogP contribution in [-0.4, -0.2) is 28.2 Å². The van der Waals surface area contributed by atoms with Crippen LogP contribution in [0.25, 0.3) is 11.0 Å². The molecule has 3 aromatic carbocycles. The maximum absolute atomic E-state index is 13.5. The van der Waals surface area contributed by atoms with Crippen molar-refractivity contribution in [2.75, 3.05) is 17.0 Å². The Morgan fingerprint density at radius 2 is 1.79 bits per heavy atom. The topological polar surface area (TPSA) is 85.7 Å². The number of carbonyl (C=O) groups excluding carboxylic acids is 2. The first kappa shape index (κ1) is 19.4.